The highest BCUT2D eigenvalue weighted by molar-refractivity contribution is 7.98. The highest BCUT2D eigenvalue weighted by Gasteiger charge is 2.26. The van der Waals surface area contributed by atoms with E-state index >= 15 is 0 Å². The van der Waals surface area contributed by atoms with Gasteiger partial charge in [-0.1, -0.05) is 36.2 Å². The van der Waals surface area contributed by atoms with Gasteiger partial charge in [-0.15, -0.1) is 16.4 Å². The van der Waals surface area contributed by atoms with Crippen molar-refractivity contribution in [3.05, 3.63) is 40.4 Å². The quantitative estimate of drug-likeness (QED) is 0.293. The van der Waals surface area contributed by atoms with Crippen LogP contribution < -0.4 is 10.6 Å². The molecule has 1 aliphatic rings. The van der Waals surface area contributed by atoms with Crippen LogP contribution in [0.25, 0.3) is 0 Å². The Labute approximate surface area is 203 Å². The summed E-state index contributed by atoms with van der Waals surface area (Å²) in [5.74, 6) is -0.546. The number of carboxylic acid groups (broad SMARTS) is 1. The molecule has 1 aliphatic carbocycles. The van der Waals surface area contributed by atoms with Gasteiger partial charge in [0.1, 0.15) is 6.54 Å². The number of carbonyl (C=O) groups is 3. The number of aliphatic carboxylic acids is 1. The number of rotatable bonds is 9. The first-order chi connectivity index (χ1) is 16.4. The number of benzene rings is 1. The highest BCUT2D eigenvalue weighted by atomic mass is 32.2. The summed E-state index contributed by atoms with van der Waals surface area (Å²) in [4.78, 5) is 40.8. The summed E-state index contributed by atoms with van der Waals surface area (Å²) >= 11 is 2.50. The van der Waals surface area contributed by atoms with Gasteiger partial charge in [-0.25, -0.2) is 14.5 Å². The maximum absolute atomic E-state index is 13.0. The molecular weight excluding hydrogens is 478 g/mol. The number of amides is 2. The lowest BCUT2D eigenvalue weighted by atomic mass is 9.94. The molecule has 0 atom stereocenters. The highest BCUT2D eigenvalue weighted by Crippen LogP contribution is 2.31. The summed E-state index contributed by atoms with van der Waals surface area (Å²) in [7, 11) is 0. The standard InChI is InChI=1S/C21H23N7O4S2/c1-12-6-7-16(15(8-12)18(31)13-4-2-3-5-13)23-19(32)24-20-22-14(10-33-20)11-34-21-25-26-27-28(21)9-17(29)30/h6-8,10,13H,2-5,9,11H2,1H3,(H,29,30)(H2,22,23,24,32). The van der Waals surface area contributed by atoms with Crippen molar-refractivity contribution in [2.24, 2.45) is 5.92 Å². The fourth-order valence-corrected chi connectivity index (χ4v) is 5.31. The zero-order chi connectivity index (χ0) is 24.1. The monoisotopic (exact) mass is 501 g/mol. The number of nitrogens with one attached hydrogen (secondary N) is 2. The topological polar surface area (TPSA) is 152 Å². The number of aromatic nitrogens is 5. The molecule has 0 unspecified atom stereocenters. The second-order valence-corrected chi connectivity index (χ2v) is 9.72. The van der Waals surface area contributed by atoms with Gasteiger partial charge in [-0.2, -0.15) is 0 Å². The van der Waals surface area contributed by atoms with Crippen molar-refractivity contribution in [1.29, 1.82) is 0 Å². The van der Waals surface area contributed by atoms with Gasteiger partial charge in [0.2, 0.25) is 5.16 Å². The zero-order valence-electron chi connectivity index (χ0n) is 18.4. The number of anilines is 2. The summed E-state index contributed by atoms with van der Waals surface area (Å²) in [6.45, 7) is 1.59. The van der Waals surface area contributed by atoms with Crippen molar-refractivity contribution < 1.29 is 19.5 Å². The molecule has 1 fully saturated rings. The molecule has 13 heteroatoms. The van der Waals surface area contributed by atoms with Gasteiger partial charge in [-0.05, 0) is 42.3 Å². The predicted octanol–water partition coefficient (Wildman–Crippen LogP) is 3.83. The molecule has 0 radical (unpaired) electrons. The number of tetrazole rings is 1. The Morgan fingerprint density at radius 2 is 2.03 bits per heavy atom. The van der Waals surface area contributed by atoms with Crippen LogP contribution in [0, 0.1) is 12.8 Å². The van der Waals surface area contributed by atoms with E-state index in [1.165, 1.54) is 27.8 Å². The van der Waals surface area contributed by atoms with E-state index in [4.69, 9.17) is 5.11 Å². The van der Waals surface area contributed by atoms with Crippen molar-refractivity contribution in [3.8, 4) is 0 Å². The molecule has 3 N–H and O–H groups in total. The number of hydrogen-bond acceptors (Lipinski definition) is 9. The predicted molar refractivity (Wildman–Crippen MR) is 127 cm³/mol. The number of Topliss-reactive ketones (excluding diaryl/α,β-unsaturated/α-hetero) is 1. The Hall–Kier alpha value is -3.32. The van der Waals surface area contributed by atoms with E-state index in [1.54, 1.807) is 11.4 Å². The molecule has 0 spiro atoms. The van der Waals surface area contributed by atoms with E-state index in [1.807, 2.05) is 19.1 Å². The lowest BCUT2D eigenvalue weighted by molar-refractivity contribution is -0.138. The first-order valence-corrected chi connectivity index (χ1v) is 12.5. The van der Waals surface area contributed by atoms with Crippen LogP contribution in [0.1, 0.15) is 47.3 Å². The van der Waals surface area contributed by atoms with Gasteiger partial charge in [0, 0.05) is 22.6 Å². The van der Waals surface area contributed by atoms with E-state index in [9.17, 15) is 14.4 Å². The number of carbonyl (C=O) groups excluding carboxylic acids is 2. The largest absolute Gasteiger partial charge is 0.480 e. The first-order valence-electron chi connectivity index (χ1n) is 10.7. The molecule has 11 nitrogen and oxygen atoms in total. The maximum Gasteiger partial charge on any atom is 0.325 e. The van der Waals surface area contributed by atoms with E-state index in [0.29, 0.717) is 33.0 Å². The normalized spacial score (nSPS) is 13.7. The summed E-state index contributed by atoms with van der Waals surface area (Å²) in [5.41, 5.74) is 2.67. The Kier molecular flexibility index (Phi) is 7.53. The van der Waals surface area contributed by atoms with Crippen molar-refractivity contribution in [1.82, 2.24) is 25.2 Å². The number of thioether (sulfide) groups is 1. The van der Waals surface area contributed by atoms with E-state index in [2.05, 4.69) is 31.1 Å². The van der Waals surface area contributed by atoms with E-state index in [0.717, 1.165) is 31.2 Å². The smallest absolute Gasteiger partial charge is 0.325 e. The second kappa shape index (κ2) is 10.7. The minimum atomic E-state index is -1.04. The molecule has 2 heterocycles. The van der Waals surface area contributed by atoms with Crippen LogP contribution in [-0.2, 0) is 17.1 Å². The van der Waals surface area contributed by atoms with Crippen molar-refractivity contribution in [3.63, 3.8) is 0 Å². The Balaban J connectivity index is 1.36. The average Bonchev–Trinajstić information content (AvgIpc) is 3.55. The fourth-order valence-electron chi connectivity index (χ4n) is 3.73. The van der Waals surface area contributed by atoms with Crippen LogP contribution in [0.2, 0.25) is 0 Å². The Morgan fingerprint density at radius 3 is 2.79 bits per heavy atom. The third kappa shape index (κ3) is 5.97. The summed E-state index contributed by atoms with van der Waals surface area (Å²) < 4.78 is 1.19. The van der Waals surface area contributed by atoms with Gasteiger partial charge < -0.3 is 10.4 Å². The van der Waals surface area contributed by atoms with Gasteiger partial charge >= 0.3 is 12.0 Å². The lowest BCUT2D eigenvalue weighted by Gasteiger charge is -2.14. The molecule has 2 amide bonds. The zero-order valence-corrected chi connectivity index (χ0v) is 20.0. The number of thiazole rings is 1. The second-order valence-electron chi connectivity index (χ2n) is 7.92. The van der Waals surface area contributed by atoms with Crippen molar-refractivity contribution in [2.75, 3.05) is 10.6 Å². The summed E-state index contributed by atoms with van der Waals surface area (Å²) in [5, 5.41) is 27.9. The molecule has 1 saturated carbocycles. The van der Waals surface area contributed by atoms with Crippen LogP contribution in [0.15, 0.2) is 28.7 Å². The number of nitrogens with zero attached hydrogens (tertiary/aromatic N) is 5. The molecular formula is C21H23N7O4S2. The van der Waals surface area contributed by atoms with Crippen LogP contribution in [0.3, 0.4) is 0 Å². The first kappa shape index (κ1) is 23.8. The van der Waals surface area contributed by atoms with Crippen molar-refractivity contribution in [2.45, 2.75) is 50.1 Å². The molecule has 0 saturated heterocycles. The number of ketones is 1. The van der Waals surface area contributed by atoms with Crippen LogP contribution in [0.5, 0.6) is 0 Å². The molecule has 2 aromatic heterocycles. The van der Waals surface area contributed by atoms with Gasteiger partial charge in [0.05, 0.1) is 11.4 Å². The molecule has 0 aliphatic heterocycles. The average molecular weight is 502 g/mol. The molecule has 0 bridgehead atoms. The fraction of sp³-hybridized carbons (Fsp3) is 0.381. The Morgan fingerprint density at radius 1 is 1.24 bits per heavy atom. The number of aryl methyl sites for hydroxylation is 1. The van der Waals surface area contributed by atoms with Crippen LogP contribution in [0.4, 0.5) is 15.6 Å². The van der Waals surface area contributed by atoms with Gasteiger partial charge in [-0.3, -0.25) is 14.9 Å². The van der Waals surface area contributed by atoms with Crippen LogP contribution >= 0.6 is 23.1 Å². The molecule has 178 valence electrons. The number of carboxylic acids is 1. The number of hydrogen-bond donors (Lipinski definition) is 3. The third-order valence-electron chi connectivity index (χ3n) is 5.32. The van der Waals surface area contributed by atoms with E-state index < -0.39 is 12.0 Å². The van der Waals surface area contributed by atoms with Gasteiger partial charge in [0.15, 0.2) is 10.9 Å². The lowest BCUT2D eigenvalue weighted by Crippen LogP contribution is -2.22. The molecule has 1 aromatic carbocycles. The summed E-state index contributed by atoms with van der Waals surface area (Å²) in [6.07, 6.45) is 3.90. The minimum Gasteiger partial charge on any atom is -0.480 e. The minimum absolute atomic E-state index is 0.0147. The molecule has 4 rings (SSSR count). The van der Waals surface area contributed by atoms with Crippen LogP contribution in [-0.4, -0.2) is 48.1 Å². The SMILES string of the molecule is Cc1ccc(NC(=O)Nc2nc(CSc3nnnn3CC(=O)O)cs2)c(C(=O)C2CCCC2)c1. The molecule has 34 heavy (non-hydrogen) atoms. The van der Waals surface area contributed by atoms with E-state index in [-0.39, 0.29) is 18.2 Å². The number of urea groups is 1. The molecule has 3 aromatic rings. The van der Waals surface area contributed by atoms with Crippen molar-refractivity contribution >= 4 is 51.7 Å². The third-order valence-corrected chi connectivity index (χ3v) is 7.12. The maximum atomic E-state index is 13.0. The summed E-state index contributed by atoms with van der Waals surface area (Å²) in [6, 6.07) is 4.95. The Bertz CT molecular complexity index is 1200. The van der Waals surface area contributed by atoms with Gasteiger partial charge in [0.25, 0.3) is 0 Å².